The Morgan fingerprint density at radius 2 is 1.91 bits per heavy atom. The summed E-state index contributed by atoms with van der Waals surface area (Å²) in [6.07, 6.45) is -2.49. The molecule has 0 radical (unpaired) electrons. The molecule has 1 aromatic carbocycles. The van der Waals surface area contributed by atoms with Gasteiger partial charge in [-0.05, 0) is 37.1 Å². The lowest BCUT2D eigenvalue weighted by Gasteiger charge is -2.32. The number of nitro benzene ring substituents is 1. The summed E-state index contributed by atoms with van der Waals surface area (Å²) < 4.78 is 45.5. The van der Waals surface area contributed by atoms with E-state index in [2.05, 4.69) is 4.98 Å². The van der Waals surface area contributed by atoms with Crippen molar-refractivity contribution in [2.45, 2.75) is 25.6 Å². The van der Waals surface area contributed by atoms with Gasteiger partial charge in [0.25, 0.3) is 11.2 Å². The fraction of sp³-hybridized carbons (Fsp3) is 0.318. The van der Waals surface area contributed by atoms with Crippen LogP contribution in [0.4, 0.5) is 24.5 Å². The van der Waals surface area contributed by atoms with E-state index in [1.54, 1.807) is 29.3 Å². The average Bonchev–Trinajstić information content (AvgIpc) is 2.81. The molecule has 0 unspecified atom stereocenters. The van der Waals surface area contributed by atoms with Gasteiger partial charge in [-0.1, -0.05) is 6.07 Å². The summed E-state index contributed by atoms with van der Waals surface area (Å²) >= 11 is 0. The largest absolute Gasteiger partial charge is 0.459 e. The molecule has 9 nitrogen and oxygen atoms in total. The minimum atomic E-state index is -4.69. The molecule has 0 saturated carbocycles. The summed E-state index contributed by atoms with van der Waals surface area (Å²) in [4.78, 5) is 41.0. The highest BCUT2D eigenvalue weighted by atomic mass is 19.4. The van der Waals surface area contributed by atoms with Crippen molar-refractivity contribution in [3.8, 4) is 0 Å². The van der Waals surface area contributed by atoms with Crippen LogP contribution >= 0.6 is 0 Å². The maximum Gasteiger partial charge on any atom is 0.416 e. The number of benzene rings is 1. The third-order valence-corrected chi connectivity index (χ3v) is 5.65. The normalized spacial score (nSPS) is 14.9. The summed E-state index contributed by atoms with van der Waals surface area (Å²) in [5, 5.41) is 11.3. The predicted molar refractivity (Wildman–Crippen MR) is 114 cm³/mol. The first kappa shape index (κ1) is 23.2. The molecule has 1 fully saturated rings. The minimum absolute atomic E-state index is 0.0747. The molecular weight excluding hydrogens is 457 g/mol. The van der Waals surface area contributed by atoms with Gasteiger partial charge < -0.3 is 9.64 Å². The van der Waals surface area contributed by atoms with Crippen LogP contribution in [0, 0.1) is 16.0 Å². The number of aromatic nitrogens is 2. The van der Waals surface area contributed by atoms with Crippen LogP contribution in [0.15, 0.2) is 53.5 Å². The molecule has 0 spiro atoms. The molecule has 1 aliphatic rings. The number of alkyl halides is 3. The molecule has 1 aliphatic heterocycles. The van der Waals surface area contributed by atoms with Gasteiger partial charge in [0.1, 0.15) is 17.9 Å². The highest BCUT2D eigenvalue weighted by Gasteiger charge is 2.35. The molecule has 0 aliphatic carbocycles. The lowest BCUT2D eigenvalue weighted by atomic mass is 9.96. The number of anilines is 1. The van der Waals surface area contributed by atoms with Gasteiger partial charge in [-0.3, -0.25) is 24.1 Å². The molecule has 0 N–H and O–H groups in total. The minimum Gasteiger partial charge on any atom is -0.459 e. The standard InChI is InChI=1S/C22H19F3N4O5/c23-22(24,25)15-4-5-17(18(11-15)29(32)33)27-9-6-14(7-10-27)21(31)34-13-16-12-20(30)28-8-2-1-3-19(28)26-16/h1-5,8,11-12,14H,6-7,9-10,13H2. The quantitative estimate of drug-likeness (QED) is 0.315. The van der Waals surface area contributed by atoms with Crippen molar-refractivity contribution >= 4 is 23.0 Å². The average molecular weight is 476 g/mol. The number of hydrogen-bond acceptors (Lipinski definition) is 7. The van der Waals surface area contributed by atoms with E-state index in [9.17, 15) is 32.9 Å². The Balaban J connectivity index is 1.39. The monoisotopic (exact) mass is 476 g/mol. The summed E-state index contributed by atoms with van der Waals surface area (Å²) in [5.74, 6) is -0.970. The van der Waals surface area contributed by atoms with E-state index in [-0.39, 0.29) is 30.9 Å². The van der Waals surface area contributed by atoms with Gasteiger partial charge in [0, 0.05) is 31.4 Å². The highest BCUT2D eigenvalue weighted by molar-refractivity contribution is 5.73. The Kier molecular flexibility index (Phi) is 6.22. The lowest BCUT2D eigenvalue weighted by Crippen LogP contribution is -2.37. The van der Waals surface area contributed by atoms with Crippen LogP contribution in [0.5, 0.6) is 0 Å². The van der Waals surface area contributed by atoms with E-state index in [0.29, 0.717) is 30.2 Å². The molecule has 2 aromatic heterocycles. The second-order valence-corrected chi connectivity index (χ2v) is 7.84. The molecule has 12 heteroatoms. The van der Waals surface area contributed by atoms with Gasteiger partial charge in [-0.15, -0.1) is 0 Å². The van der Waals surface area contributed by atoms with E-state index in [0.717, 1.165) is 12.1 Å². The second-order valence-electron chi connectivity index (χ2n) is 7.84. The Morgan fingerprint density at radius 1 is 1.18 bits per heavy atom. The van der Waals surface area contributed by atoms with E-state index in [1.807, 2.05) is 0 Å². The van der Waals surface area contributed by atoms with Crippen molar-refractivity contribution < 1.29 is 27.6 Å². The molecule has 178 valence electrons. The van der Waals surface area contributed by atoms with Crippen LogP contribution in [0.25, 0.3) is 5.65 Å². The fourth-order valence-corrected chi connectivity index (χ4v) is 3.91. The topological polar surface area (TPSA) is 107 Å². The van der Waals surface area contributed by atoms with Crippen molar-refractivity contribution in [2.24, 2.45) is 5.92 Å². The number of halogens is 3. The van der Waals surface area contributed by atoms with Gasteiger partial charge in [0.2, 0.25) is 0 Å². The first-order valence-electron chi connectivity index (χ1n) is 10.4. The highest BCUT2D eigenvalue weighted by Crippen LogP contribution is 2.37. The summed E-state index contributed by atoms with van der Waals surface area (Å²) in [6.45, 7) is 0.299. The summed E-state index contributed by atoms with van der Waals surface area (Å²) in [7, 11) is 0. The Labute approximate surface area is 190 Å². The van der Waals surface area contributed by atoms with Crippen molar-refractivity contribution in [3.05, 3.63) is 80.4 Å². The zero-order chi connectivity index (χ0) is 24.5. The number of esters is 1. The third-order valence-electron chi connectivity index (χ3n) is 5.65. The van der Waals surface area contributed by atoms with Crippen LogP contribution in [0.1, 0.15) is 24.1 Å². The number of hydrogen-bond donors (Lipinski definition) is 0. The third kappa shape index (κ3) is 4.85. The molecule has 34 heavy (non-hydrogen) atoms. The van der Waals surface area contributed by atoms with E-state index in [4.69, 9.17) is 4.74 Å². The van der Waals surface area contributed by atoms with E-state index < -0.39 is 34.2 Å². The number of rotatable bonds is 5. The van der Waals surface area contributed by atoms with Crippen LogP contribution < -0.4 is 10.5 Å². The van der Waals surface area contributed by atoms with Gasteiger partial charge in [0.15, 0.2) is 0 Å². The predicted octanol–water partition coefficient (Wildman–Crippen LogP) is 3.58. The number of fused-ring (bicyclic) bond motifs is 1. The van der Waals surface area contributed by atoms with Crippen molar-refractivity contribution in [1.29, 1.82) is 0 Å². The molecule has 0 bridgehead atoms. The Morgan fingerprint density at radius 3 is 2.59 bits per heavy atom. The smallest absolute Gasteiger partial charge is 0.416 e. The number of carbonyl (C=O) groups is 1. The molecular formula is C22H19F3N4O5. The van der Waals surface area contributed by atoms with Gasteiger partial charge in [0.05, 0.1) is 22.1 Å². The number of nitrogens with zero attached hydrogens (tertiary/aromatic N) is 4. The zero-order valence-electron chi connectivity index (χ0n) is 17.7. The molecule has 3 aromatic rings. The maximum atomic E-state index is 12.9. The number of pyridine rings is 1. The van der Waals surface area contributed by atoms with Crippen LogP contribution in [-0.4, -0.2) is 33.4 Å². The summed E-state index contributed by atoms with van der Waals surface area (Å²) in [5.41, 5.74) is -1.23. The molecule has 4 rings (SSSR count). The lowest BCUT2D eigenvalue weighted by molar-refractivity contribution is -0.384. The summed E-state index contributed by atoms with van der Waals surface area (Å²) in [6, 6.07) is 8.78. The van der Waals surface area contributed by atoms with Crippen LogP contribution in [0.2, 0.25) is 0 Å². The number of carbonyl (C=O) groups excluding carboxylic acids is 1. The number of ether oxygens (including phenoxy) is 1. The van der Waals surface area contributed by atoms with Crippen molar-refractivity contribution in [2.75, 3.05) is 18.0 Å². The number of nitro groups is 1. The first-order chi connectivity index (χ1) is 16.1. The van der Waals surface area contributed by atoms with Gasteiger partial charge in [-0.25, -0.2) is 4.98 Å². The molecule has 1 saturated heterocycles. The zero-order valence-corrected chi connectivity index (χ0v) is 17.7. The first-order valence-corrected chi connectivity index (χ1v) is 10.4. The van der Waals surface area contributed by atoms with Crippen LogP contribution in [0.3, 0.4) is 0 Å². The molecule has 3 heterocycles. The molecule has 0 amide bonds. The molecule has 0 atom stereocenters. The fourth-order valence-electron chi connectivity index (χ4n) is 3.91. The van der Waals surface area contributed by atoms with E-state index >= 15 is 0 Å². The maximum absolute atomic E-state index is 12.9. The second kappa shape index (κ2) is 9.12. The van der Waals surface area contributed by atoms with Crippen LogP contribution in [-0.2, 0) is 22.3 Å². The number of piperidine rings is 1. The van der Waals surface area contributed by atoms with Crippen molar-refractivity contribution in [1.82, 2.24) is 9.38 Å². The van der Waals surface area contributed by atoms with E-state index in [1.165, 1.54) is 10.5 Å². The SMILES string of the molecule is O=C(OCc1cc(=O)n2ccccc2n1)C1CCN(c2ccc(C(F)(F)F)cc2[N+](=O)[O-])CC1. The van der Waals surface area contributed by atoms with Gasteiger partial charge >= 0.3 is 12.1 Å². The van der Waals surface area contributed by atoms with Gasteiger partial charge in [-0.2, -0.15) is 13.2 Å². The Bertz CT molecular complexity index is 1300. The Hall–Kier alpha value is -3.96. The van der Waals surface area contributed by atoms with Crippen molar-refractivity contribution in [3.63, 3.8) is 0 Å².